The Balaban J connectivity index is -0.00000264. The van der Waals surface area contributed by atoms with Gasteiger partial charge in [0.25, 0.3) is 0 Å². The van der Waals surface area contributed by atoms with E-state index in [-0.39, 0.29) is 72.1 Å². The SMILES string of the molecule is CCCCCCCCCCOC(=O)C(CCCCCC)P(=O)([O-])[O-].[Na+].[Na+]. The fourth-order valence-electron chi connectivity index (χ4n) is 2.67. The van der Waals surface area contributed by atoms with Crippen LogP contribution in [0.5, 0.6) is 0 Å². The van der Waals surface area contributed by atoms with Gasteiger partial charge in [-0.1, -0.05) is 92.1 Å². The molecule has 0 bridgehead atoms. The van der Waals surface area contributed by atoms with E-state index >= 15 is 0 Å². The predicted octanol–water partition coefficient (Wildman–Crippen LogP) is -2.07. The van der Waals surface area contributed by atoms with Crippen molar-refractivity contribution in [3.63, 3.8) is 0 Å². The first-order valence-corrected chi connectivity index (χ1v) is 11.2. The number of ether oxygens (including phenoxy) is 1. The van der Waals surface area contributed by atoms with Crippen LogP contribution in [0.2, 0.25) is 0 Å². The number of hydrogen-bond acceptors (Lipinski definition) is 5. The Kier molecular flexibility index (Phi) is 26.5. The van der Waals surface area contributed by atoms with Gasteiger partial charge in [0.05, 0.1) is 12.3 Å². The maximum Gasteiger partial charge on any atom is 1.00 e. The molecule has 5 nitrogen and oxygen atoms in total. The van der Waals surface area contributed by atoms with Gasteiger partial charge >= 0.3 is 65.1 Å². The molecule has 0 spiro atoms. The molecule has 1 unspecified atom stereocenters. The standard InChI is InChI=1S/C18H37O5P.2Na/c1-3-5-7-9-10-11-12-14-16-23-18(19)17(24(20,21)22)15-13-8-6-4-2;;/h17H,3-16H2,1-2H3,(H2,20,21,22);;/q;2*+1/p-2. The minimum absolute atomic E-state index is 0. The van der Waals surface area contributed by atoms with E-state index in [0.29, 0.717) is 6.42 Å². The van der Waals surface area contributed by atoms with Gasteiger partial charge in [0, 0.05) is 0 Å². The van der Waals surface area contributed by atoms with Crippen molar-refractivity contribution < 1.29 is 83.0 Å². The Bertz CT molecular complexity index is 363. The molecule has 0 radical (unpaired) electrons. The van der Waals surface area contributed by atoms with Crippen molar-refractivity contribution >= 4 is 13.6 Å². The van der Waals surface area contributed by atoms with Gasteiger partial charge < -0.3 is 19.1 Å². The number of carbonyl (C=O) groups excluding carboxylic acids is 1. The molecule has 0 aliphatic heterocycles. The average Bonchev–Trinajstić information content (AvgIpc) is 2.51. The maximum absolute atomic E-state index is 11.9. The number of hydrogen-bond donors (Lipinski definition) is 0. The number of unbranched alkanes of at least 4 members (excludes halogenated alkanes) is 10. The zero-order valence-electron chi connectivity index (χ0n) is 17.5. The molecular weight excluding hydrogens is 373 g/mol. The van der Waals surface area contributed by atoms with Crippen molar-refractivity contribution in [2.75, 3.05) is 6.61 Å². The molecule has 8 heteroatoms. The minimum Gasteiger partial charge on any atom is -0.810 e. The van der Waals surface area contributed by atoms with Crippen LogP contribution in [0, 0.1) is 0 Å². The van der Waals surface area contributed by atoms with E-state index in [1.807, 2.05) is 6.92 Å². The summed E-state index contributed by atoms with van der Waals surface area (Å²) in [6.45, 7) is 4.44. The van der Waals surface area contributed by atoms with Gasteiger partial charge in [-0.25, -0.2) is 0 Å². The van der Waals surface area contributed by atoms with Crippen LogP contribution in [0.1, 0.15) is 97.3 Å². The van der Waals surface area contributed by atoms with Crippen LogP contribution < -0.4 is 68.9 Å². The van der Waals surface area contributed by atoms with Crippen molar-refractivity contribution in [2.45, 2.75) is 103 Å². The largest absolute Gasteiger partial charge is 1.00 e. The molecule has 0 amide bonds. The zero-order valence-corrected chi connectivity index (χ0v) is 22.4. The second-order valence-corrected chi connectivity index (χ2v) is 8.25. The van der Waals surface area contributed by atoms with E-state index in [1.54, 1.807) is 0 Å². The van der Waals surface area contributed by atoms with Gasteiger partial charge in [0.2, 0.25) is 0 Å². The first-order valence-electron chi connectivity index (χ1n) is 9.61. The van der Waals surface area contributed by atoms with E-state index in [4.69, 9.17) is 4.74 Å². The van der Waals surface area contributed by atoms with Gasteiger partial charge in [-0.15, -0.1) is 0 Å². The third kappa shape index (κ3) is 19.0. The molecule has 0 aliphatic rings. The van der Waals surface area contributed by atoms with Crippen LogP contribution in [0.4, 0.5) is 0 Å². The van der Waals surface area contributed by atoms with Crippen molar-refractivity contribution in [2.24, 2.45) is 0 Å². The Morgan fingerprint density at radius 2 is 1.23 bits per heavy atom. The average molecular weight is 408 g/mol. The van der Waals surface area contributed by atoms with Crippen LogP contribution in [-0.2, 0) is 14.1 Å². The molecular formula is C18H35Na2O5P. The summed E-state index contributed by atoms with van der Waals surface area (Å²) in [6, 6.07) is 0. The second-order valence-electron chi connectivity index (χ2n) is 6.55. The molecule has 0 fully saturated rings. The molecule has 0 heterocycles. The van der Waals surface area contributed by atoms with Gasteiger partial charge in [-0.3, -0.25) is 4.79 Å². The first kappa shape index (κ1) is 32.3. The van der Waals surface area contributed by atoms with E-state index in [2.05, 4.69) is 6.92 Å². The Morgan fingerprint density at radius 1 is 0.808 bits per heavy atom. The Hall–Kier alpha value is 1.62. The normalized spacial score (nSPS) is 12.0. The first-order chi connectivity index (χ1) is 11.4. The fraction of sp³-hybridized carbons (Fsp3) is 0.944. The monoisotopic (exact) mass is 408 g/mol. The van der Waals surface area contributed by atoms with Crippen LogP contribution in [0.25, 0.3) is 0 Å². The van der Waals surface area contributed by atoms with Gasteiger partial charge in [0.1, 0.15) is 0 Å². The quantitative estimate of drug-likeness (QED) is 0.127. The summed E-state index contributed by atoms with van der Waals surface area (Å²) in [4.78, 5) is 34.4. The summed E-state index contributed by atoms with van der Waals surface area (Å²) in [6.07, 6.45) is 12.5. The Morgan fingerprint density at radius 3 is 1.69 bits per heavy atom. The minimum atomic E-state index is -4.93. The predicted molar refractivity (Wildman–Crippen MR) is 93.7 cm³/mol. The smallest absolute Gasteiger partial charge is 0.810 e. The molecule has 1 atom stereocenters. The fourth-order valence-corrected chi connectivity index (χ4v) is 3.51. The summed E-state index contributed by atoms with van der Waals surface area (Å²) in [5, 5.41) is 0. The van der Waals surface area contributed by atoms with Crippen LogP contribution in [0.3, 0.4) is 0 Å². The summed E-state index contributed by atoms with van der Waals surface area (Å²) < 4.78 is 16.3. The third-order valence-electron chi connectivity index (χ3n) is 4.23. The molecule has 0 aliphatic carbocycles. The molecule has 26 heavy (non-hydrogen) atoms. The van der Waals surface area contributed by atoms with Crippen molar-refractivity contribution in [3.05, 3.63) is 0 Å². The topological polar surface area (TPSA) is 89.5 Å². The van der Waals surface area contributed by atoms with Crippen LogP contribution in [-0.4, -0.2) is 18.2 Å². The molecule has 0 saturated heterocycles. The molecule has 0 saturated carbocycles. The van der Waals surface area contributed by atoms with Gasteiger partial charge in [0.15, 0.2) is 0 Å². The van der Waals surface area contributed by atoms with Gasteiger partial charge in [-0.05, 0) is 12.8 Å². The molecule has 0 aromatic rings. The summed E-state index contributed by atoms with van der Waals surface area (Å²) >= 11 is 0. The van der Waals surface area contributed by atoms with E-state index in [0.717, 1.165) is 38.5 Å². The van der Waals surface area contributed by atoms with Gasteiger partial charge in [-0.2, -0.15) is 0 Å². The van der Waals surface area contributed by atoms with Crippen molar-refractivity contribution in [3.8, 4) is 0 Å². The van der Waals surface area contributed by atoms with E-state index in [9.17, 15) is 19.1 Å². The third-order valence-corrected chi connectivity index (χ3v) is 5.46. The maximum atomic E-state index is 11.9. The molecule has 0 aromatic carbocycles. The summed E-state index contributed by atoms with van der Waals surface area (Å²) in [5.74, 6) is -0.859. The van der Waals surface area contributed by atoms with Crippen LogP contribution in [0.15, 0.2) is 0 Å². The number of rotatable bonds is 16. The van der Waals surface area contributed by atoms with E-state index in [1.165, 1.54) is 32.1 Å². The summed E-state index contributed by atoms with van der Waals surface area (Å²) in [7, 11) is -4.93. The van der Waals surface area contributed by atoms with Crippen molar-refractivity contribution in [1.82, 2.24) is 0 Å². The number of carbonyl (C=O) groups is 1. The van der Waals surface area contributed by atoms with E-state index < -0.39 is 19.2 Å². The number of esters is 1. The molecule has 144 valence electrons. The van der Waals surface area contributed by atoms with Crippen molar-refractivity contribution in [1.29, 1.82) is 0 Å². The molecule has 0 N–H and O–H groups in total. The second kappa shape index (κ2) is 21.3. The summed E-state index contributed by atoms with van der Waals surface area (Å²) in [5.41, 5.74) is -1.51. The molecule has 0 aromatic heterocycles. The zero-order chi connectivity index (χ0) is 18.3. The van der Waals surface area contributed by atoms with Crippen LogP contribution >= 0.6 is 7.60 Å². The Labute approximate surface area is 204 Å². The molecule has 0 rings (SSSR count).